The Morgan fingerprint density at radius 2 is 1.74 bits per heavy atom. The molecular formula is C20H21ClN4O2. The third-order valence-electron chi connectivity index (χ3n) is 3.89. The van der Waals surface area contributed by atoms with Crippen molar-refractivity contribution in [1.29, 1.82) is 0 Å². The highest BCUT2D eigenvalue weighted by Crippen LogP contribution is 2.29. The number of halogens is 1. The molecule has 0 saturated heterocycles. The summed E-state index contributed by atoms with van der Waals surface area (Å²) in [6.07, 6.45) is 0.957. The molecule has 0 radical (unpaired) electrons. The Balaban J connectivity index is 2.01. The van der Waals surface area contributed by atoms with Gasteiger partial charge in [-0.15, -0.1) is 0 Å². The van der Waals surface area contributed by atoms with Gasteiger partial charge in [-0.25, -0.2) is 4.98 Å². The number of methoxy groups -OCH3 is 1. The van der Waals surface area contributed by atoms with Crippen molar-refractivity contribution >= 4 is 11.6 Å². The fourth-order valence-electron chi connectivity index (χ4n) is 2.49. The number of hydrogen-bond acceptors (Lipinski definition) is 6. The van der Waals surface area contributed by atoms with Crippen LogP contribution in [0.1, 0.15) is 18.9 Å². The van der Waals surface area contributed by atoms with E-state index in [9.17, 15) is 0 Å². The quantitative estimate of drug-likeness (QED) is 0.659. The van der Waals surface area contributed by atoms with E-state index < -0.39 is 0 Å². The first-order chi connectivity index (χ1) is 13.1. The number of nitrogens with two attached hydrogens (primary N) is 1. The molecule has 0 saturated carbocycles. The fraction of sp³-hybridized carbons (Fsp3) is 0.250. The van der Waals surface area contributed by atoms with Crippen LogP contribution in [-0.4, -0.2) is 28.7 Å². The smallest absolute Gasteiger partial charge is 0.320 e. The highest BCUT2D eigenvalue weighted by atomic mass is 35.5. The van der Waals surface area contributed by atoms with E-state index >= 15 is 0 Å². The minimum absolute atomic E-state index is 0.218. The lowest BCUT2D eigenvalue weighted by Gasteiger charge is -2.10. The Morgan fingerprint density at radius 3 is 2.41 bits per heavy atom. The molecule has 7 heteroatoms. The summed E-state index contributed by atoms with van der Waals surface area (Å²) in [5.74, 6) is 1.73. The predicted octanol–water partition coefficient (Wildman–Crippen LogP) is 4.12. The summed E-state index contributed by atoms with van der Waals surface area (Å²) in [6, 6.07) is 13.3. The fourth-order valence-corrected chi connectivity index (χ4v) is 2.69. The molecule has 140 valence electrons. The van der Waals surface area contributed by atoms with Gasteiger partial charge in [-0.3, -0.25) is 0 Å². The second-order valence-electron chi connectivity index (χ2n) is 5.86. The van der Waals surface area contributed by atoms with Crippen LogP contribution in [0.15, 0.2) is 42.5 Å². The zero-order valence-corrected chi connectivity index (χ0v) is 16.0. The number of ether oxygens (including phenoxy) is 2. The molecule has 0 aliphatic carbocycles. The van der Waals surface area contributed by atoms with Crippen molar-refractivity contribution in [2.75, 3.05) is 13.7 Å². The summed E-state index contributed by atoms with van der Waals surface area (Å²) in [4.78, 5) is 13.3. The standard InChI is InChI=1S/C20H21ClN4O2/c1-3-10-27-15-7-5-14(6-8-15)18-23-19(25-20(24-18)26-2)16-11-13(12-22)4-9-17(16)21/h4-9,11H,3,10,12,22H2,1-2H3. The van der Waals surface area contributed by atoms with Crippen LogP contribution in [0.4, 0.5) is 0 Å². The van der Waals surface area contributed by atoms with E-state index in [1.165, 1.54) is 7.11 Å². The van der Waals surface area contributed by atoms with Crippen LogP contribution >= 0.6 is 11.6 Å². The maximum absolute atomic E-state index is 6.35. The van der Waals surface area contributed by atoms with Gasteiger partial charge in [0.15, 0.2) is 11.6 Å². The summed E-state index contributed by atoms with van der Waals surface area (Å²) in [5, 5.41) is 0.537. The first kappa shape index (κ1) is 19.1. The first-order valence-corrected chi connectivity index (χ1v) is 9.04. The molecule has 2 N–H and O–H groups in total. The van der Waals surface area contributed by atoms with E-state index in [-0.39, 0.29) is 6.01 Å². The van der Waals surface area contributed by atoms with Crippen molar-refractivity contribution in [1.82, 2.24) is 15.0 Å². The topological polar surface area (TPSA) is 83.2 Å². The minimum atomic E-state index is 0.218. The molecule has 3 aromatic rings. The van der Waals surface area contributed by atoms with Gasteiger partial charge in [0.05, 0.1) is 18.7 Å². The largest absolute Gasteiger partial charge is 0.494 e. The van der Waals surface area contributed by atoms with Gasteiger partial charge in [0.2, 0.25) is 0 Å². The number of aromatic nitrogens is 3. The summed E-state index contributed by atoms with van der Waals surface area (Å²) in [5.41, 5.74) is 8.19. The van der Waals surface area contributed by atoms with Gasteiger partial charge in [0.1, 0.15) is 5.75 Å². The molecule has 6 nitrogen and oxygen atoms in total. The van der Waals surface area contributed by atoms with E-state index in [4.69, 9.17) is 26.8 Å². The number of nitrogens with zero attached hydrogens (tertiary/aromatic N) is 3. The summed E-state index contributed by atoms with van der Waals surface area (Å²) in [6.45, 7) is 3.15. The molecule has 0 fully saturated rings. The van der Waals surface area contributed by atoms with Crippen molar-refractivity contribution in [3.8, 4) is 34.5 Å². The van der Waals surface area contributed by atoms with Crippen LogP contribution in [0.3, 0.4) is 0 Å². The molecule has 1 heterocycles. The molecule has 0 unspecified atom stereocenters. The highest BCUT2D eigenvalue weighted by molar-refractivity contribution is 6.33. The molecule has 2 aromatic carbocycles. The van der Waals surface area contributed by atoms with Crippen LogP contribution in [0.5, 0.6) is 11.8 Å². The molecule has 0 bridgehead atoms. The summed E-state index contributed by atoms with van der Waals surface area (Å²) < 4.78 is 10.9. The molecule has 0 amide bonds. The Morgan fingerprint density at radius 1 is 1.00 bits per heavy atom. The highest BCUT2D eigenvalue weighted by Gasteiger charge is 2.14. The molecule has 27 heavy (non-hydrogen) atoms. The van der Waals surface area contributed by atoms with E-state index in [1.807, 2.05) is 36.4 Å². The Bertz CT molecular complexity index is 916. The summed E-state index contributed by atoms with van der Waals surface area (Å²) in [7, 11) is 1.52. The number of hydrogen-bond donors (Lipinski definition) is 1. The Hall–Kier alpha value is -2.70. The summed E-state index contributed by atoms with van der Waals surface area (Å²) >= 11 is 6.35. The average molecular weight is 385 g/mol. The molecular weight excluding hydrogens is 364 g/mol. The van der Waals surface area contributed by atoms with Gasteiger partial charge in [0.25, 0.3) is 0 Å². The molecule has 0 aliphatic heterocycles. The maximum Gasteiger partial charge on any atom is 0.320 e. The van der Waals surface area contributed by atoms with E-state index in [0.717, 1.165) is 23.3 Å². The van der Waals surface area contributed by atoms with E-state index in [0.29, 0.717) is 35.4 Å². The molecule has 1 aromatic heterocycles. The van der Waals surface area contributed by atoms with Gasteiger partial charge in [-0.1, -0.05) is 24.6 Å². The normalized spacial score (nSPS) is 10.7. The zero-order valence-electron chi connectivity index (χ0n) is 15.3. The van der Waals surface area contributed by atoms with E-state index in [2.05, 4.69) is 21.9 Å². The lowest BCUT2D eigenvalue weighted by atomic mass is 10.1. The molecule has 0 spiro atoms. The minimum Gasteiger partial charge on any atom is -0.494 e. The SMILES string of the molecule is CCCOc1ccc(-c2nc(OC)nc(-c3cc(CN)ccc3Cl)n2)cc1. The second-order valence-corrected chi connectivity index (χ2v) is 6.27. The molecule has 0 atom stereocenters. The Kier molecular flexibility index (Phi) is 6.21. The van der Waals surface area contributed by atoms with Gasteiger partial charge in [-0.05, 0) is 48.4 Å². The van der Waals surface area contributed by atoms with Crippen molar-refractivity contribution in [2.45, 2.75) is 19.9 Å². The van der Waals surface area contributed by atoms with Gasteiger partial charge in [-0.2, -0.15) is 9.97 Å². The molecule has 3 rings (SSSR count). The Labute approximate surface area is 163 Å². The van der Waals surface area contributed by atoms with Crippen LogP contribution in [0.25, 0.3) is 22.8 Å². The van der Waals surface area contributed by atoms with Crippen LogP contribution in [-0.2, 0) is 6.54 Å². The van der Waals surface area contributed by atoms with Crippen molar-refractivity contribution < 1.29 is 9.47 Å². The lowest BCUT2D eigenvalue weighted by Crippen LogP contribution is -2.02. The number of rotatable bonds is 7. The van der Waals surface area contributed by atoms with E-state index in [1.54, 1.807) is 6.07 Å². The zero-order chi connectivity index (χ0) is 19.2. The van der Waals surface area contributed by atoms with Crippen molar-refractivity contribution in [3.63, 3.8) is 0 Å². The number of benzene rings is 2. The van der Waals surface area contributed by atoms with Gasteiger partial charge < -0.3 is 15.2 Å². The predicted molar refractivity (Wildman–Crippen MR) is 106 cm³/mol. The third kappa shape index (κ3) is 4.53. The van der Waals surface area contributed by atoms with Crippen molar-refractivity contribution in [2.24, 2.45) is 5.73 Å². The molecule has 0 aliphatic rings. The van der Waals surface area contributed by atoms with Gasteiger partial charge >= 0.3 is 6.01 Å². The first-order valence-electron chi connectivity index (χ1n) is 8.66. The third-order valence-corrected chi connectivity index (χ3v) is 4.22. The second kappa shape index (κ2) is 8.79. The van der Waals surface area contributed by atoms with Crippen molar-refractivity contribution in [3.05, 3.63) is 53.1 Å². The van der Waals surface area contributed by atoms with Crippen LogP contribution in [0.2, 0.25) is 5.02 Å². The van der Waals surface area contributed by atoms with Crippen LogP contribution in [0, 0.1) is 0 Å². The van der Waals surface area contributed by atoms with Gasteiger partial charge in [0, 0.05) is 17.7 Å². The van der Waals surface area contributed by atoms with Crippen LogP contribution < -0.4 is 15.2 Å². The maximum atomic E-state index is 6.35. The average Bonchev–Trinajstić information content (AvgIpc) is 2.72. The lowest BCUT2D eigenvalue weighted by molar-refractivity contribution is 0.317. The monoisotopic (exact) mass is 384 g/mol.